The van der Waals surface area contributed by atoms with E-state index in [1.165, 1.54) is 0 Å². The standard InChI is InChI=1S/C13H18F2O2/c14-11(15)6-17-7-13-3-8-1-9(4-13)12(16)10(2-8)5-13/h8-11H,1-7H2. The maximum atomic E-state index is 12.1. The Morgan fingerprint density at radius 2 is 1.88 bits per heavy atom. The third-order valence-electron chi connectivity index (χ3n) is 4.77. The molecule has 4 aliphatic rings. The Morgan fingerprint density at radius 1 is 1.24 bits per heavy atom. The average molecular weight is 244 g/mol. The van der Waals surface area contributed by atoms with Crippen molar-refractivity contribution in [3.05, 3.63) is 0 Å². The number of carbonyl (C=O) groups excluding carboxylic acids is 1. The number of ketones is 1. The van der Waals surface area contributed by atoms with Crippen LogP contribution < -0.4 is 0 Å². The molecule has 0 aliphatic heterocycles. The van der Waals surface area contributed by atoms with Crippen molar-refractivity contribution in [1.29, 1.82) is 0 Å². The van der Waals surface area contributed by atoms with Crippen molar-refractivity contribution < 1.29 is 18.3 Å². The minimum atomic E-state index is -2.38. The highest BCUT2D eigenvalue weighted by Crippen LogP contribution is 2.58. The first kappa shape index (κ1) is 11.6. The van der Waals surface area contributed by atoms with E-state index in [2.05, 4.69) is 0 Å². The van der Waals surface area contributed by atoms with E-state index in [0.717, 1.165) is 32.1 Å². The normalized spacial score (nSPS) is 43.7. The van der Waals surface area contributed by atoms with Crippen LogP contribution in [0.15, 0.2) is 0 Å². The van der Waals surface area contributed by atoms with Gasteiger partial charge in [0, 0.05) is 11.8 Å². The van der Waals surface area contributed by atoms with Crippen molar-refractivity contribution in [3.8, 4) is 0 Å². The topological polar surface area (TPSA) is 26.3 Å². The van der Waals surface area contributed by atoms with Crippen LogP contribution in [0.3, 0.4) is 0 Å². The maximum absolute atomic E-state index is 12.1. The van der Waals surface area contributed by atoms with E-state index in [4.69, 9.17) is 4.74 Å². The van der Waals surface area contributed by atoms with Gasteiger partial charge in [0.15, 0.2) is 0 Å². The van der Waals surface area contributed by atoms with Crippen molar-refractivity contribution in [2.45, 2.75) is 38.5 Å². The number of hydrogen-bond acceptors (Lipinski definition) is 2. The molecule has 2 atom stereocenters. The molecule has 0 aromatic rings. The number of hydrogen-bond donors (Lipinski definition) is 0. The highest BCUT2D eigenvalue weighted by Gasteiger charge is 2.55. The summed E-state index contributed by atoms with van der Waals surface area (Å²) in [7, 11) is 0. The lowest BCUT2D eigenvalue weighted by Crippen LogP contribution is -2.53. The Labute approximate surface area is 99.7 Å². The van der Waals surface area contributed by atoms with Crippen LogP contribution in [0.1, 0.15) is 32.1 Å². The van der Waals surface area contributed by atoms with Gasteiger partial charge < -0.3 is 4.74 Å². The summed E-state index contributed by atoms with van der Waals surface area (Å²) in [5.41, 5.74) is 0.0410. The molecule has 4 fully saturated rings. The minimum Gasteiger partial charge on any atom is -0.375 e. The summed E-state index contributed by atoms with van der Waals surface area (Å²) in [6.07, 6.45) is 2.52. The first-order valence-electron chi connectivity index (χ1n) is 6.48. The van der Waals surface area contributed by atoms with E-state index in [1.807, 2.05) is 0 Å². The lowest BCUT2D eigenvalue weighted by Gasteiger charge is -2.55. The maximum Gasteiger partial charge on any atom is 0.261 e. The van der Waals surface area contributed by atoms with Crippen LogP contribution in [0.25, 0.3) is 0 Å². The molecule has 0 radical (unpaired) electrons. The first-order valence-corrected chi connectivity index (χ1v) is 6.48. The van der Waals surface area contributed by atoms with Crippen molar-refractivity contribution in [2.24, 2.45) is 23.2 Å². The van der Waals surface area contributed by atoms with Gasteiger partial charge in [-0.2, -0.15) is 0 Å². The SMILES string of the molecule is O=C1C2CC3CC1CC(COCC(F)F)(C3)C2. The zero-order valence-corrected chi connectivity index (χ0v) is 9.83. The summed E-state index contributed by atoms with van der Waals surface area (Å²) in [5, 5.41) is 0. The van der Waals surface area contributed by atoms with Crippen LogP contribution in [-0.4, -0.2) is 25.4 Å². The fourth-order valence-electron chi connectivity index (χ4n) is 4.45. The van der Waals surface area contributed by atoms with Gasteiger partial charge in [0.05, 0.1) is 6.61 Å². The number of Topliss-reactive ketones (excluding diaryl/α,β-unsaturated/α-hetero) is 1. The molecule has 0 aromatic carbocycles. The molecule has 4 aliphatic carbocycles. The first-order chi connectivity index (χ1) is 8.08. The molecule has 2 unspecified atom stereocenters. The van der Waals surface area contributed by atoms with Crippen LogP contribution in [-0.2, 0) is 9.53 Å². The average Bonchev–Trinajstić information content (AvgIpc) is 2.23. The molecule has 4 heteroatoms. The van der Waals surface area contributed by atoms with Gasteiger partial charge in [0.2, 0.25) is 0 Å². The summed E-state index contributed by atoms with van der Waals surface area (Å²) in [6, 6.07) is 0. The van der Waals surface area contributed by atoms with Gasteiger partial charge in [-0.1, -0.05) is 0 Å². The molecule has 0 saturated heterocycles. The second kappa shape index (κ2) is 4.01. The molecule has 2 nitrogen and oxygen atoms in total. The number of carbonyl (C=O) groups is 1. The Hall–Kier alpha value is -0.510. The molecule has 0 heterocycles. The fourth-order valence-corrected chi connectivity index (χ4v) is 4.45. The number of halogens is 2. The van der Waals surface area contributed by atoms with Gasteiger partial charge in [0.1, 0.15) is 12.4 Å². The largest absolute Gasteiger partial charge is 0.375 e. The summed E-state index contributed by atoms with van der Waals surface area (Å²) >= 11 is 0. The Morgan fingerprint density at radius 3 is 2.47 bits per heavy atom. The minimum absolute atomic E-state index is 0.0410. The molecule has 4 bridgehead atoms. The van der Waals surface area contributed by atoms with E-state index in [1.54, 1.807) is 0 Å². The number of rotatable bonds is 4. The van der Waals surface area contributed by atoms with Crippen molar-refractivity contribution >= 4 is 5.78 Å². The molecule has 96 valence electrons. The predicted octanol–water partition coefficient (Wildman–Crippen LogP) is 2.66. The summed E-state index contributed by atoms with van der Waals surface area (Å²) in [5.74, 6) is 1.48. The molecule has 0 spiro atoms. The highest BCUT2D eigenvalue weighted by atomic mass is 19.3. The van der Waals surface area contributed by atoms with Crippen molar-refractivity contribution in [1.82, 2.24) is 0 Å². The van der Waals surface area contributed by atoms with E-state index >= 15 is 0 Å². The summed E-state index contributed by atoms with van der Waals surface area (Å²) in [6.45, 7) is -0.0379. The van der Waals surface area contributed by atoms with Crippen LogP contribution in [0, 0.1) is 23.2 Å². The third kappa shape index (κ3) is 2.01. The highest BCUT2D eigenvalue weighted by molar-refractivity contribution is 5.85. The quantitative estimate of drug-likeness (QED) is 0.760. The van der Waals surface area contributed by atoms with Gasteiger partial charge in [-0.3, -0.25) is 4.79 Å². The van der Waals surface area contributed by atoms with Crippen molar-refractivity contribution in [2.75, 3.05) is 13.2 Å². The molecule has 0 aromatic heterocycles. The summed E-state index contributed by atoms with van der Waals surface area (Å²) < 4.78 is 29.3. The number of ether oxygens (including phenoxy) is 1. The second-order valence-corrected chi connectivity index (χ2v) is 6.15. The van der Waals surface area contributed by atoms with Gasteiger partial charge >= 0.3 is 0 Å². The van der Waals surface area contributed by atoms with E-state index in [-0.39, 0.29) is 17.3 Å². The Bertz CT molecular complexity index is 311. The Kier molecular flexibility index (Phi) is 2.73. The van der Waals surface area contributed by atoms with Gasteiger partial charge in [0.25, 0.3) is 6.43 Å². The van der Waals surface area contributed by atoms with Gasteiger partial charge in [-0.05, 0) is 43.4 Å². The summed E-state index contributed by atoms with van der Waals surface area (Å²) in [4.78, 5) is 11.9. The Balaban J connectivity index is 1.66. The molecular weight excluding hydrogens is 226 g/mol. The van der Waals surface area contributed by atoms with E-state index in [9.17, 15) is 13.6 Å². The molecule has 0 amide bonds. The molecular formula is C13H18F2O2. The fraction of sp³-hybridized carbons (Fsp3) is 0.923. The molecule has 4 saturated carbocycles. The van der Waals surface area contributed by atoms with Crippen LogP contribution in [0.4, 0.5) is 8.78 Å². The van der Waals surface area contributed by atoms with Gasteiger partial charge in [-0.15, -0.1) is 0 Å². The second-order valence-electron chi connectivity index (χ2n) is 6.15. The molecule has 4 rings (SSSR count). The van der Waals surface area contributed by atoms with Crippen LogP contribution in [0.5, 0.6) is 0 Å². The van der Waals surface area contributed by atoms with Gasteiger partial charge in [-0.25, -0.2) is 8.78 Å². The zero-order valence-electron chi connectivity index (χ0n) is 9.83. The third-order valence-corrected chi connectivity index (χ3v) is 4.77. The van der Waals surface area contributed by atoms with Crippen molar-refractivity contribution in [3.63, 3.8) is 0 Å². The van der Waals surface area contributed by atoms with Crippen LogP contribution in [0.2, 0.25) is 0 Å². The molecule has 0 N–H and O–H groups in total. The van der Waals surface area contributed by atoms with E-state index in [0.29, 0.717) is 18.3 Å². The van der Waals surface area contributed by atoms with E-state index < -0.39 is 13.0 Å². The predicted molar refractivity (Wildman–Crippen MR) is 57.8 cm³/mol. The molecule has 17 heavy (non-hydrogen) atoms. The lowest BCUT2D eigenvalue weighted by molar-refractivity contribution is -0.154. The number of alkyl halides is 2. The monoisotopic (exact) mass is 244 g/mol. The zero-order chi connectivity index (χ0) is 12.0. The smallest absolute Gasteiger partial charge is 0.261 e. The lowest BCUT2D eigenvalue weighted by atomic mass is 9.49. The van der Waals surface area contributed by atoms with Crippen LogP contribution >= 0.6 is 0 Å².